The van der Waals surface area contributed by atoms with Crippen LogP contribution in [0, 0.1) is 22.0 Å². The number of hydrogen-bond donors (Lipinski definition) is 1. The van der Waals surface area contributed by atoms with Gasteiger partial charge in [0.2, 0.25) is 17.7 Å². The van der Waals surface area contributed by atoms with Crippen molar-refractivity contribution in [3.8, 4) is 0 Å². The molecule has 2 saturated heterocycles. The molecule has 3 amide bonds. The third-order valence-corrected chi connectivity index (χ3v) is 6.21. The first-order valence-electron chi connectivity index (χ1n) is 10.3. The summed E-state index contributed by atoms with van der Waals surface area (Å²) in [5.41, 5.74) is -0.271. The molecular formula is C21H27ClN4O5. The second kappa shape index (κ2) is 8.82. The van der Waals surface area contributed by atoms with E-state index in [1.54, 1.807) is 9.80 Å². The summed E-state index contributed by atoms with van der Waals surface area (Å²) < 4.78 is 0. The first-order chi connectivity index (χ1) is 14.5. The summed E-state index contributed by atoms with van der Waals surface area (Å²) in [6, 6.07) is 3.88. The number of benzene rings is 1. The number of nitro groups is 1. The van der Waals surface area contributed by atoms with Gasteiger partial charge in [-0.25, -0.2) is 0 Å². The van der Waals surface area contributed by atoms with Crippen molar-refractivity contribution in [1.29, 1.82) is 0 Å². The van der Waals surface area contributed by atoms with Gasteiger partial charge in [0, 0.05) is 49.6 Å². The minimum atomic E-state index is -0.551. The highest BCUT2D eigenvalue weighted by molar-refractivity contribution is 6.33. The third kappa shape index (κ3) is 5.15. The molecule has 0 bridgehead atoms. The number of halogens is 1. The predicted octanol–water partition coefficient (Wildman–Crippen LogP) is 3.07. The van der Waals surface area contributed by atoms with Crippen LogP contribution >= 0.6 is 11.6 Å². The van der Waals surface area contributed by atoms with Gasteiger partial charge < -0.3 is 15.1 Å². The molecule has 2 aliphatic heterocycles. The van der Waals surface area contributed by atoms with Crippen molar-refractivity contribution >= 4 is 40.7 Å². The lowest BCUT2D eigenvalue weighted by Gasteiger charge is -2.34. The van der Waals surface area contributed by atoms with Gasteiger partial charge >= 0.3 is 0 Å². The summed E-state index contributed by atoms with van der Waals surface area (Å²) in [5, 5.41) is 13.8. The molecule has 1 aromatic rings. The molecule has 10 heteroatoms. The topological polar surface area (TPSA) is 113 Å². The minimum Gasteiger partial charge on any atom is -0.342 e. The molecular weight excluding hydrogens is 424 g/mol. The number of anilines is 1. The highest BCUT2D eigenvalue weighted by Crippen LogP contribution is 2.30. The molecule has 0 aromatic heterocycles. The predicted molar refractivity (Wildman–Crippen MR) is 116 cm³/mol. The van der Waals surface area contributed by atoms with Crippen molar-refractivity contribution in [3.63, 3.8) is 0 Å². The lowest BCUT2D eigenvalue weighted by Crippen LogP contribution is -2.46. The Bertz CT molecular complexity index is 906. The van der Waals surface area contributed by atoms with E-state index in [9.17, 15) is 24.5 Å². The summed E-state index contributed by atoms with van der Waals surface area (Å²) in [4.78, 5) is 51.7. The van der Waals surface area contributed by atoms with E-state index in [4.69, 9.17) is 11.6 Å². The van der Waals surface area contributed by atoms with E-state index in [-0.39, 0.29) is 57.9 Å². The van der Waals surface area contributed by atoms with Gasteiger partial charge in [0.25, 0.3) is 5.69 Å². The zero-order valence-corrected chi connectivity index (χ0v) is 18.6. The Morgan fingerprint density at radius 3 is 2.39 bits per heavy atom. The number of piperidine rings is 1. The number of hydrogen-bond acceptors (Lipinski definition) is 5. The summed E-state index contributed by atoms with van der Waals surface area (Å²) in [7, 11) is 0. The monoisotopic (exact) mass is 450 g/mol. The molecule has 0 aliphatic carbocycles. The lowest BCUT2D eigenvalue weighted by molar-refractivity contribution is -0.384. The fourth-order valence-corrected chi connectivity index (χ4v) is 4.26. The molecule has 1 unspecified atom stereocenters. The van der Waals surface area contributed by atoms with Gasteiger partial charge in [0.1, 0.15) is 0 Å². The zero-order valence-electron chi connectivity index (χ0n) is 17.9. The first kappa shape index (κ1) is 23.0. The van der Waals surface area contributed by atoms with Gasteiger partial charge in [0.05, 0.1) is 21.6 Å². The van der Waals surface area contributed by atoms with Crippen molar-refractivity contribution in [1.82, 2.24) is 9.80 Å². The van der Waals surface area contributed by atoms with Crippen LogP contribution in [0.25, 0.3) is 0 Å². The quantitative estimate of drug-likeness (QED) is 0.559. The van der Waals surface area contributed by atoms with E-state index < -0.39 is 4.92 Å². The molecule has 2 fully saturated rings. The summed E-state index contributed by atoms with van der Waals surface area (Å²) in [5.74, 6) is -0.990. The van der Waals surface area contributed by atoms with Crippen LogP contribution in [0.5, 0.6) is 0 Å². The van der Waals surface area contributed by atoms with E-state index >= 15 is 0 Å². The van der Waals surface area contributed by atoms with E-state index in [2.05, 4.69) is 5.32 Å². The van der Waals surface area contributed by atoms with E-state index in [0.717, 1.165) is 0 Å². The number of nitro benzene ring substituents is 1. The van der Waals surface area contributed by atoms with Gasteiger partial charge in [0.15, 0.2) is 0 Å². The standard InChI is InChI=1S/C21H27ClN4O5/c1-21(2,3)25-12-14(10-18(25)27)20(29)24-8-6-13(7-9-24)19(28)23-17-11-15(26(30)31)4-5-16(17)22/h4-5,11,13-14H,6-10,12H2,1-3H3,(H,23,28). The lowest BCUT2D eigenvalue weighted by atomic mass is 9.94. The summed E-state index contributed by atoms with van der Waals surface area (Å²) in [6.07, 6.45) is 1.18. The van der Waals surface area contributed by atoms with Crippen molar-refractivity contribution in [3.05, 3.63) is 33.3 Å². The van der Waals surface area contributed by atoms with Crippen LogP contribution in [0.2, 0.25) is 5.02 Å². The molecule has 1 aromatic carbocycles. The minimum absolute atomic E-state index is 0.00560. The van der Waals surface area contributed by atoms with Crippen LogP contribution in [-0.2, 0) is 14.4 Å². The molecule has 2 aliphatic rings. The van der Waals surface area contributed by atoms with E-state index in [0.29, 0.717) is 32.5 Å². The molecule has 168 valence electrons. The molecule has 1 N–H and O–H groups in total. The normalized spacial score (nSPS) is 20.1. The Balaban J connectivity index is 1.56. The largest absolute Gasteiger partial charge is 0.342 e. The molecule has 2 heterocycles. The SMILES string of the molecule is CC(C)(C)N1CC(C(=O)N2CCC(C(=O)Nc3cc([N+](=O)[O-])ccc3Cl)CC2)CC1=O. The van der Waals surface area contributed by atoms with Crippen LogP contribution in [0.15, 0.2) is 18.2 Å². The average Bonchev–Trinajstić information content (AvgIpc) is 3.11. The zero-order chi connectivity index (χ0) is 22.9. The summed E-state index contributed by atoms with van der Waals surface area (Å²) >= 11 is 6.06. The molecule has 0 spiro atoms. The van der Waals surface area contributed by atoms with Crippen LogP contribution < -0.4 is 5.32 Å². The number of non-ortho nitro benzene ring substituents is 1. The Morgan fingerprint density at radius 1 is 1.19 bits per heavy atom. The molecule has 0 radical (unpaired) electrons. The highest BCUT2D eigenvalue weighted by atomic mass is 35.5. The molecule has 31 heavy (non-hydrogen) atoms. The number of rotatable bonds is 4. The number of nitrogens with zero attached hydrogens (tertiary/aromatic N) is 3. The number of carbonyl (C=O) groups is 3. The van der Waals surface area contributed by atoms with Crippen LogP contribution in [0.4, 0.5) is 11.4 Å². The Kier molecular flexibility index (Phi) is 6.54. The van der Waals surface area contributed by atoms with Crippen molar-refractivity contribution < 1.29 is 19.3 Å². The first-order valence-corrected chi connectivity index (χ1v) is 10.7. The molecule has 0 saturated carbocycles. The fourth-order valence-electron chi connectivity index (χ4n) is 4.10. The maximum atomic E-state index is 12.9. The Morgan fingerprint density at radius 2 is 1.84 bits per heavy atom. The Labute approximate surface area is 185 Å². The highest BCUT2D eigenvalue weighted by Gasteiger charge is 2.41. The third-order valence-electron chi connectivity index (χ3n) is 5.88. The van der Waals surface area contributed by atoms with Gasteiger partial charge in [-0.3, -0.25) is 24.5 Å². The molecule has 9 nitrogen and oxygen atoms in total. The van der Waals surface area contributed by atoms with Gasteiger partial charge in [-0.15, -0.1) is 0 Å². The van der Waals surface area contributed by atoms with Gasteiger partial charge in [-0.05, 0) is 39.7 Å². The number of carbonyl (C=O) groups excluding carboxylic acids is 3. The van der Waals surface area contributed by atoms with Gasteiger partial charge in [-0.2, -0.15) is 0 Å². The van der Waals surface area contributed by atoms with Crippen LogP contribution in [0.3, 0.4) is 0 Å². The van der Waals surface area contributed by atoms with Crippen molar-refractivity contribution in [2.45, 2.75) is 45.6 Å². The summed E-state index contributed by atoms with van der Waals surface area (Å²) in [6.45, 7) is 7.15. The Hall–Kier alpha value is -2.68. The average molecular weight is 451 g/mol. The molecule has 1 atom stereocenters. The van der Waals surface area contributed by atoms with E-state index in [1.807, 2.05) is 20.8 Å². The number of nitrogens with one attached hydrogen (secondary N) is 1. The number of amides is 3. The fraction of sp³-hybridized carbons (Fsp3) is 0.571. The van der Waals surface area contributed by atoms with Gasteiger partial charge in [-0.1, -0.05) is 11.6 Å². The van der Waals surface area contributed by atoms with Crippen LogP contribution in [0.1, 0.15) is 40.0 Å². The van der Waals surface area contributed by atoms with Crippen molar-refractivity contribution in [2.24, 2.45) is 11.8 Å². The molecule has 3 rings (SSSR count). The second-order valence-electron chi connectivity index (χ2n) is 9.09. The number of likely N-dealkylation sites (tertiary alicyclic amines) is 2. The van der Waals surface area contributed by atoms with Crippen LogP contribution in [-0.4, -0.2) is 57.6 Å². The second-order valence-corrected chi connectivity index (χ2v) is 9.49. The smallest absolute Gasteiger partial charge is 0.271 e. The van der Waals surface area contributed by atoms with E-state index in [1.165, 1.54) is 18.2 Å². The maximum Gasteiger partial charge on any atom is 0.271 e. The maximum absolute atomic E-state index is 12.9. The van der Waals surface area contributed by atoms with Crippen molar-refractivity contribution in [2.75, 3.05) is 25.0 Å².